The van der Waals surface area contributed by atoms with E-state index in [9.17, 15) is 23.6 Å². The molecule has 8 nitrogen and oxygen atoms in total. The second-order valence-corrected chi connectivity index (χ2v) is 11.9. The monoisotopic (exact) mass is 675 g/mol. The molecular formula is C40H35F2N3O5. The van der Waals surface area contributed by atoms with Crippen LogP contribution in [0.25, 0.3) is 0 Å². The number of nitrogens with zero attached hydrogens (tertiary/aromatic N) is 2. The molecule has 1 aliphatic rings. The van der Waals surface area contributed by atoms with E-state index in [2.05, 4.69) is 10.5 Å². The van der Waals surface area contributed by atoms with Gasteiger partial charge in [-0.05, 0) is 83.6 Å². The van der Waals surface area contributed by atoms with Gasteiger partial charge in [-0.15, -0.1) is 0 Å². The molecule has 10 heteroatoms. The van der Waals surface area contributed by atoms with E-state index >= 15 is 0 Å². The maximum Gasteiger partial charge on any atom is 0.417 e. The molecule has 2 N–H and O–H groups in total. The van der Waals surface area contributed by atoms with Crippen LogP contribution in [0.3, 0.4) is 0 Å². The lowest BCUT2D eigenvalue weighted by molar-refractivity contribution is -0.134. The lowest BCUT2D eigenvalue weighted by atomic mass is 9.85. The third kappa shape index (κ3) is 8.15. The first-order chi connectivity index (χ1) is 24.4. The van der Waals surface area contributed by atoms with Crippen LogP contribution in [0.1, 0.15) is 47.2 Å². The molecule has 0 aromatic heterocycles. The Morgan fingerprint density at radius 2 is 1.48 bits per heavy atom. The van der Waals surface area contributed by atoms with Crippen LogP contribution in [0.4, 0.5) is 19.3 Å². The van der Waals surface area contributed by atoms with E-state index in [1.54, 1.807) is 24.3 Å². The van der Waals surface area contributed by atoms with Crippen molar-refractivity contribution in [3.05, 3.63) is 167 Å². The van der Waals surface area contributed by atoms with Crippen molar-refractivity contribution in [1.29, 1.82) is 0 Å². The maximum atomic E-state index is 14.8. The predicted octanol–water partition coefficient (Wildman–Crippen LogP) is 8.69. The third-order valence-electron chi connectivity index (χ3n) is 8.66. The molecule has 0 aliphatic carbocycles. The topological polar surface area (TPSA) is 100 Å². The van der Waals surface area contributed by atoms with Gasteiger partial charge >= 0.3 is 6.09 Å². The molecule has 254 valence electrons. The minimum atomic E-state index is -0.940. The number of nitrogens with one attached hydrogen (secondary N) is 1. The van der Waals surface area contributed by atoms with Crippen molar-refractivity contribution in [2.24, 2.45) is 11.1 Å². The molecule has 0 saturated carbocycles. The van der Waals surface area contributed by atoms with Gasteiger partial charge in [-0.3, -0.25) is 4.79 Å². The number of carbonyl (C=O) groups excluding carboxylic acids is 2. The SMILES string of the molecule is O=C1OC[C@H](c2ccccc2)N1C(=O)[C@H](CC/C(=N/O)c1ccc(F)cc1)[C@H](Nc1ccc(F)cc1)c1ccc(OCc2ccccc2)cc1. The number of anilines is 1. The molecule has 1 heterocycles. The van der Waals surface area contributed by atoms with Crippen molar-refractivity contribution in [2.45, 2.75) is 31.5 Å². The first kappa shape index (κ1) is 33.9. The second-order valence-electron chi connectivity index (χ2n) is 11.9. The van der Waals surface area contributed by atoms with Gasteiger partial charge in [-0.1, -0.05) is 90.1 Å². The summed E-state index contributed by atoms with van der Waals surface area (Å²) in [7, 11) is 0. The summed E-state index contributed by atoms with van der Waals surface area (Å²) in [5.41, 5.74) is 3.68. The van der Waals surface area contributed by atoms with Crippen LogP contribution >= 0.6 is 0 Å². The Labute approximate surface area is 288 Å². The molecule has 0 unspecified atom stereocenters. The fourth-order valence-electron chi connectivity index (χ4n) is 6.04. The lowest BCUT2D eigenvalue weighted by Gasteiger charge is -2.32. The number of halogens is 2. The minimum absolute atomic E-state index is 0.0102. The molecule has 6 rings (SSSR count). The molecule has 5 aromatic rings. The minimum Gasteiger partial charge on any atom is -0.489 e. The summed E-state index contributed by atoms with van der Waals surface area (Å²) < 4.78 is 39.1. The average molecular weight is 676 g/mol. The summed E-state index contributed by atoms with van der Waals surface area (Å²) in [5, 5.41) is 16.9. The summed E-state index contributed by atoms with van der Waals surface area (Å²) in [4.78, 5) is 29.1. The Balaban J connectivity index is 1.36. The number of rotatable bonds is 13. The number of amides is 2. The van der Waals surface area contributed by atoms with Crippen molar-refractivity contribution in [1.82, 2.24) is 4.90 Å². The summed E-state index contributed by atoms with van der Waals surface area (Å²) in [6.07, 6.45) is -0.572. The first-order valence-electron chi connectivity index (χ1n) is 16.2. The number of hydrogen-bond acceptors (Lipinski definition) is 7. The number of cyclic esters (lactones) is 1. The molecule has 0 bridgehead atoms. The highest BCUT2D eigenvalue weighted by atomic mass is 19.1. The highest BCUT2D eigenvalue weighted by Gasteiger charge is 2.44. The molecule has 1 fully saturated rings. The number of ether oxygens (including phenoxy) is 2. The second kappa shape index (κ2) is 15.9. The zero-order chi connectivity index (χ0) is 34.9. The Morgan fingerprint density at radius 3 is 2.12 bits per heavy atom. The molecule has 50 heavy (non-hydrogen) atoms. The van der Waals surface area contributed by atoms with Gasteiger partial charge in [0.15, 0.2) is 0 Å². The third-order valence-corrected chi connectivity index (χ3v) is 8.66. The van der Waals surface area contributed by atoms with Crippen molar-refractivity contribution in [2.75, 3.05) is 11.9 Å². The van der Waals surface area contributed by atoms with Gasteiger partial charge in [-0.25, -0.2) is 18.5 Å². The number of hydrogen-bond donors (Lipinski definition) is 2. The number of carbonyl (C=O) groups is 2. The standard InChI is InChI=1S/C40H35F2N3O5/c41-31-15-11-28(12-16-31)36(44-48)24-23-35(39(46)45-37(26-50-40(45)47)29-9-5-2-6-10-29)38(43-33-19-17-32(42)18-20-33)30-13-21-34(22-14-30)49-25-27-7-3-1-4-8-27/h1-22,35,37-38,43,48H,23-26H2/b44-36-/t35-,37-,38-/m1/s1. The fraction of sp³-hybridized carbons (Fsp3) is 0.175. The zero-order valence-corrected chi connectivity index (χ0v) is 27.0. The van der Waals surface area contributed by atoms with Gasteiger partial charge in [0, 0.05) is 5.69 Å². The van der Waals surface area contributed by atoms with Crippen LogP contribution in [0.2, 0.25) is 0 Å². The largest absolute Gasteiger partial charge is 0.489 e. The smallest absolute Gasteiger partial charge is 0.417 e. The molecule has 0 spiro atoms. The molecule has 1 aliphatic heterocycles. The van der Waals surface area contributed by atoms with E-state index in [1.807, 2.05) is 72.8 Å². The Bertz CT molecular complexity index is 1910. The van der Waals surface area contributed by atoms with E-state index in [-0.39, 0.29) is 25.2 Å². The Hall–Kier alpha value is -6.03. The molecule has 0 radical (unpaired) electrons. The highest BCUT2D eigenvalue weighted by Crippen LogP contribution is 2.37. The molecule has 3 atom stereocenters. The summed E-state index contributed by atoms with van der Waals surface area (Å²) >= 11 is 0. The van der Waals surface area contributed by atoms with Crippen molar-refractivity contribution < 1.29 is 33.1 Å². The van der Waals surface area contributed by atoms with Gasteiger partial charge < -0.3 is 20.0 Å². The van der Waals surface area contributed by atoms with E-state index in [4.69, 9.17) is 9.47 Å². The van der Waals surface area contributed by atoms with Gasteiger partial charge in [0.1, 0.15) is 36.6 Å². The molecule has 5 aromatic carbocycles. The van der Waals surface area contributed by atoms with Crippen LogP contribution in [0.15, 0.2) is 139 Å². The van der Waals surface area contributed by atoms with Crippen LogP contribution in [0.5, 0.6) is 5.75 Å². The predicted molar refractivity (Wildman–Crippen MR) is 185 cm³/mol. The van der Waals surface area contributed by atoms with Crippen LogP contribution in [0, 0.1) is 17.6 Å². The van der Waals surface area contributed by atoms with E-state index in [1.165, 1.54) is 36.4 Å². The Kier molecular flexibility index (Phi) is 10.8. The van der Waals surface area contributed by atoms with Gasteiger partial charge in [0.2, 0.25) is 5.91 Å². The van der Waals surface area contributed by atoms with E-state index in [0.29, 0.717) is 29.2 Å². The van der Waals surface area contributed by atoms with Gasteiger partial charge in [-0.2, -0.15) is 0 Å². The number of benzene rings is 5. The van der Waals surface area contributed by atoms with Crippen LogP contribution in [-0.2, 0) is 16.1 Å². The van der Waals surface area contributed by atoms with Crippen LogP contribution in [-0.4, -0.2) is 34.4 Å². The number of oxime groups is 1. The van der Waals surface area contributed by atoms with Gasteiger partial charge in [0.05, 0.1) is 17.7 Å². The lowest BCUT2D eigenvalue weighted by Crippen LogP contribution is -2.42. The first-order valence-corrected chi connectivity index (χ1v) is 16.2. The zero-order valence-electron chi connectivity index (χ0n) is 27.0. The summed E-state index contributed by atoms with van der Waals surface area (Å²) in [5.74, 6) is -1.71. The van der Waals surface area contributed by atoms with Crippen molar-refractivity contribution >= 4 is 23.4 Å². The quantitative estimate of drug-likeness (QED) is 0.0736. The van der Waals surface area contributed by atoms with Crippen molar-refractivity contribution in [3.63, 3.8) is 0 Å². The average Bonchev–Trinajstić information content (AvgIpc) is 3.55. The normalized spacial score (nSPS) is 15.6. The maximum absolute atomic E-state index is 14.8. The van der Waals surface area contributed by atoms with E-state index < -0.39 is 41.6 Å². The number of imide groups is 1. The summed E-state index contributed by atoms with van der Waals surface area (Å²) in [6, 6.07) is 36.0. The Morgan fingerprint density at radius 1 is 0.860 bits per heavy atom. The molecular weight excluding hydrogens is 640 g/mol. The molecule has 1 saturated heterocycles. The highest BCUT2D eigenvalue weighted by molar-refractivity contribution is 6.01. The van der Waals surface area contributed by atoms with E-state index in [0.717, 1.165) is 16.0 Å². The van der Waals surface area contributed by atoms with Crippen LogP contribution < -0.4 is 10.1 Å². The summed E-state index contributed by atoms with van der Waals surface area (Å²) in [6.45, 7) is 0.354. The molecule has 2 amide bonds. The van der Waals surface area contributed by atoms with Gasteiger partial charge in [0.25, 0.3) is 0 Å². The fourth-order valence-corrected chi connectivity index (χ4v) is 6.04. The van der Waals surface area contributed by atoms with Crippen molar-refractivity contribution in [3.8, 4) is 5.75 Å².